The smallest absolute Gasteiger partial charge is 0.0828 e. The maximum absolute atomic E-state index is 5.88. The molecule has 0 bridgehead atoms. The van der Waals surface area contributed by atoms with Crippen LogP contribution in [0.1, 0.15) is 30.1 Å². The van der Waals surface area contributed by atoms with E-state index in [9.17, 15) is 0 Å². The summed E-state index contributed by atoms with van der Waals surface area (Å²) in [5, 5.41) is 3.37. The molecule has 1 atom stereocenters. The minimum Gasteiger partial charge on any atom is -0.383 e. The predicted octanol–water partition coefficient (Wildman–Crippen LogP) is 2.32. The highest BCUT2D eigenvalue weighted by molar-refractivity contribution is 5.30. The van der Waals surface area contributed by atoms with Crippen molar-refractivity contribution in [2.75, 3.05) is 33.4 Å². The zero-order valence-electron chi connectivity index (χ0n) is 11.2. The van der Waals surface area contributed by atoms with Crippen molar-refractivity contribution >= 4 is 0 Å². The van der Waals surface area contributed by atoms with Crippen LogP contribution >= 0.6 is 0 Å². The fourth-order valence-corrected chi connectivity index (χ4v) is 2.43. The fourth-order valence-electron chi connectivity index (χ4n) is 2.43. The van der Waals surface area contributed by atoms with Crippen LogP contribution in [0.15, 0.2) is 24.3 Å². The number of methoxy groups -OCH3 is 1. The predicted molar refractivity (Wildman–Crippen MR) is 72.8 cm³/mol. The van der Waals surface area contributed by atoms with Gasteiger partial charge in [-0.1, -0.05) is 24.3 Å². The molecule has 1 aromatic rings. The summed E-state index contributed by atoms with van der Waals surface area (Å²) in [6, 6.07) is 8.66. The van der Waals surface area contributed by atoms with Gasteiger partial charge in [0.25, 0.3) is 0 Å². The Morgan fingerprint density at radius 3 is 3.11 bits per heavy atom. The highest BCUT2D eigenvalue weighted by atomic mass is 16.5. The summed E-state index contributed by atoms with van der Waals surface area (Å²) < 4.78 is 10.9. The van der Waals surface area contributed by atoms with Gasteiger partial charge >= 0.3 is 0 Å². The van der Waals surface area contributed by atoms with Crippen LogP contribution in [-0.4, -0.2) is 33.4 Å². The Kier molecular flexibility index (Phi) is 5.65. The lowest BCUT2D eigenvalue weighted by Crippen LogP contribution is -2.22. The third-order valence-corrected chi connectivity index (χ3v) is 3.40. The number of fused-ring (bicyclic) bond motifs is 1. The lowest BCUT2D eigenvalue weighted by Gasteiger charge is -2.26. The van der Waals surface area contributed by atoms with Crippen LogP contribution in [0, 0.1) is 0 Å². The Morgan fingerprint density at radius 1 is 1.33 bits per heavy atom. The van der Waals surface area contributed by atoms with Crippen LogP contribution in [-0.2, 0) is 15.9 Å². The largest absolute Gasteiger partial charge is 0.383 e. The lowest BCUT2D eigenvalue weighted by molar-refractivity contribution is 0.0352. The molecule has 2 rings (SSSR count). The molecule has 0 fully saturated rings. The lowest BCUT2D eigenvalue weighted by atomic mass is 9.95. The van der Waals surface area contributed by atoms with Crippen LogP contribution in [0.4, 0.5) is 0 Å². The maximum atomic E-state index is 5.88. The monoisotopic (exact) mass is 249 g/mol. The third kappa shape index (κ3) is 3.80. The zero-order chi connectivity index (χ0) is 12.6. The van der Waals surface area contributed by atoms with E-state index < -0.39 is 0 Å². The first kappa shape index (κ1) is 13.5. The third-order valence-electron chi connectivity index (χ3n) is 3.40. The van der Waals surface area contributed by atoms with E-state index in [1.165, 1.54) is 11.1 Å². The van der Waals surface area contributed by atoms with Crippen molar-refractivity contribution in [1.29, 1.82) is 0 Å². The highest BCUT2D eigenvalue weighted by Gasteiger charge is 2.19. The number of hydrogen-bond donors (Lipinski definition) is 1. The quantitative estimate of drug-likeness (QED) is 0.752. The summed E-state index contributed by atoms with van der Waals surface area (Å²) in [6.07, 6.45) is 3.58. The molecule has 1 N–H and O–H groups in total. The average molecular weight is 249 g/mol. The molecule has 18 heavy (non-hydrogen) atoms. The van der Waals surface area contributed by atoms with E-state index >= 15 is 0 Å². The topological polar surface area (TPSA) is 30.5 Å². The number of ether oxygens (including phenoxy) is 2. The second-order valence-electron chi connectivity index (χ2n) is 4.69. The number of hydrogen-bond acceptors (Lipinski definition) is 3. The van der Waals surface area contributed by atoms with Crippen LogP contribution in [0.3, 0.4) is 0 Å². The van der Waals surface area contributed by atoms with Crippen LogP contribution < -0.4 is 5.32 Å². The van der Waals surface area contributed by atoms with Crippen LogP contribution in [0.25, 0.3) is 0 Å². The van der Waals surface area contributed by atoms with Crippen molar-refractivity contribution in [3.05, 3.63) is 35.4 Å². The summed E-state index contributed by atoms with van der Waals surface area (Å²) in [5.74, 6) is 0. The van der Waals surface area contributed by atoms with Gasteiger partial charge in [-0.3, -0.25) is 0 Å². The molecule has 0 aliphatic carbocycles. The summed E-state index contributed by atoms with van der Waals surface area (Å²) in [5.41, 5.74) is 2.85. The molecule has 1 aliphatic rings. The molecule has 0 saturated carbocycles. The fraction of sp³-hybridized carbons (Fsp3) is 0.600. The van der Waals surface area contributed by atoms with Gasteiger partial charge in [-0.2, -0.15) is 0 Å². The second kappa shape index (κ2) is 7.52. The van der Waals surface area contributed by atoms with Gasteiger partial charge in [0, 0.05) is 13.7 Å². The first-order chi connectivity index (χ1) is 8.92. The Bertz CT molecular complexity index is 354. The Balaban J connectivity index is 1.74. The molecular weight excluding hydrogens is 226 g/mol. The number of benzene rings is 1. The molecule has 0 spiro atoms. The summed E-state index contributed by atoms with van der Waals surface area (Å²) in [7, 11) is 1.73. The zero-order valence-corrected chi connectivity index (χ0v) is 11.2. The van der Waals surface area contributed by atoms with Crippen LogP contribution in [0.5, 0.6) is 0 Å². The SMILES string of the molecule is COCCNCCCC1OCCc2ccccc21. The van der Waals surface area contributed by atoms with Crippen LogP contribution in [0.2, 0.25) is 0 Å². The van der Waals surface area contributed by atoms with Gasteiger partial charge in [-0.15, -0.1) is 0 Å². The van der Waals surface area contributed by atoms with Gasteiger partial charge in [-0.25, -0.2) is 0 Å². The molecule has 0 radical (unpaired) electrons. The van der Waals surface area contributed by atoms with E-state index in [-0.39, 0.29) is 0 Å². The van der Waals surface area contributed by atoms with E-state index in [2.05, 4.69) is 29.6 Å². The van der Waals surface area contributed by atoms with E-state index in [0.29, 0.717) is 6.10 Å². The standard InChI is InChI=1S/C15H23NO2/c1-17-12-10-16-9-4-7-15-14-6-3-2-5-13(14)8-11-18-15/h2-3,5-6,15-16H,4,7-12H2,1H3. The molecule has 1 aromatic carbocycles. The Labute approximate surface area is 109 Å². The first-order valence-corrected chi connectivity index (χ1v) is 6.81. The van der Waals surface area contributed by atoms with E-state index in [1.54, 1.807) is 7.11 Å². The van der Waals surface area contributed by atoms with Crippen molar-refractivity contribution in [3.63, 3.8) is 0 Å². The summed E-state index contributed by atoms with van der Waals surface area (Å²) in [6.45, 7) is 3.60. The minimum atomic E-state index is 0.291. The Morgan fingerprint density at radius 2 is 2.22 bits per heavy atom. The van der Waals surface area contributed by atoms with Gasteiger partial charge in [-0.05, 0) is 36.9 Å². The molecule has 0 amide bonds. The molecule has 0 aromatic heterocycles. The van der Waals surface area contributed by atoms with Crippen molar-refractivity contribution < 1.29 is 9.47 Å². The van der Waals surface area contributed by atoms with Gasteiger partial charge < -0.3 is 14.8 Å². The molecule has 1 aliphatic heterocycles. The van der Waals surface area contributed by atoms with Gasteiger partial charge in [0.2, 0.25) is 0 Å². The average Bonchev–Trinajstić information content (AvgIpc) is 2.43. The molecule has 0 saturated heterocycles. The van der Waals surface area contributed by atoms with Gasteiger partial charge in [0.15, 0.2) is 0 Å². The van der Waals surface area contributed by atoms with E-state index in [1.807, 2.05) is 0 Å². The first-order valence-electron chi connectivity index (χ1n) is 6.81. The number of nitrogens with one attached hydrogen (secondary N) is 1. The Hall–Kier alpha value is -0.900. The van der Waals surface area contributed by atoms with Gasteiger partial charge in [0.05, 0.1) is 19.3 Å². The van der Waals surface area contributed by atoms with Crippen molar-refractivity contribution in [1.82, 2.24) is 5.32 Å². The van der Waals surface area contributed by atoms with E-state index in [0.717, 1.165) is 45.6 Å². The maximum Gasteiger partial charge on any atom is 0.0828 e. The highest BCUT2D eigenvalue weighted by Crippen LogP contribution is 2.30. The van der Waals surface area contributed by atoms with E-state index in [4.69, 9.17) is 9.47 Å². The summed E-state index contributed by atoms with van der Waals surface area (Å²) >= 11 is 0. The van der Waals surface area contributed by atoms with Crippen molar-refractivity contribution in [2.45, 2.75) is 25.4 Å². The normalized spacial score (nSPS) is 18.6. The molecular formula is C15H23NO2. The minimum absolute atomic E-state index is 0.291. The second-order valence-corrected chi connectivity index (χ2v) is 4.69. The molecule has 1 unspecified atom stereocenters. The number of rotatable bonds is 7. The van der Waals surface area contributed by atoms with Crippen molar-refractivity contribution in [2.24, 2.45) is 0 Å². The van der Waals surface area contributed by atoms with Gasteiger partial charge in [0.1, 0.15) is 0 Å². The summed E-state index contributed by atoms with van der Waals surface area (Å²) in [4.78, 5) is 0. The molecule has 100 valence electrons. The molecule has 1 heterocycles. The molecule has 3 heteroatoms. The molecule has 3 nitrogen and oxygen atoms in total. The van der Waals surface area contributed by atoms with Crippen molar-refractivity contribution in [3.8, 4) is 0 Å².